The van der Waals surface area contributed by atoms with Crippen LogP contribution in [0.15, 0.2) is 49.3 Å². The summed E-state index contributed by atoms with van der Waals surface area (Å²) < 4.78 is 16.4. The lowest BCUT2D eigenvalue weighted by atomic mass is 10.0. The van der Waals surface area contributed by atoms with Gasteiger partial charge >= 0.3 is 11.6 Å². The molecule has 0 fully saturated rings. The summed E-state index contributed by atoms with van der Waals surface area (Å²) in [4.78, 5) is 29.6. The highest BCUT2D eigenvalue weighted by atomic mass is 32.1. The van der Waals surface area contributed by atoms with Gasteiger partial charge in [-0.1, -0.05) is 6.07 Å². The van der Waals surface area contributed by atoms with Crippen molar-refractivity contribution in [1.82, 2.24) is 4.98 Å². The molecule has 0 aliphatic carbocycles. The van der Waals surface area contributed by atoms with Crippen molar-refractivity contribution >= 4 is 28.3 Å². The number of esters is 1. The number of oxazole rings is 1. The van der Waals surface area contributed by atoms with E-state index < -0.39 is 11.6 Å². The van der Waals surface area contributed by atoms with Gasteiger partial charge in [-0.2, -0.15) is 0 Å². The standard InChI is InChI=1S/C22H19NO5S/c1-12-7-16-15(9-21(25)28-18(16)8-13(12)2)11-26-20(24)10-17-14(3)27-22(23-17)19-5-4-6-29-19/h4-9H,10-11H2,1-3H3. The van der Waals surface area contributed by atoms with E-state index in [-0.39, 0.29) is 13.0 Å². The number of rotatable bonds is 5. The number of benzene rings is 1. The quantitative estimate of drug-likeness (QED) is 0.350. The highest BCUT2D eigenvalue weighted by molar-refractivity contribution is 7.13. The Hall–Kier alpha value is -3.19. The molecule has 0 N–H and O–H groups in total. The Kier molecular flexibility index (Phi) is 5.07. The van der Waals surface area contributed by atoms with E-state index >= 15 is 0 Å². The van der Waals surface area contributed by atoms with Crippen LogP contribution in [0.4, 0.5) is 0 Å². The number of aromatic nitrogens is 1. The van der Waals surface area contributed by atoms with Gasteiger partial charge in [0.25, 0.3) is 0 Å². The fraction of sp³-hybridized carbons (Fsp3) is 0.227. The molecule has 0 unspecified atom stereocenters. The fourth-order valence-corrected chi connectivity index (χ4v) is 3.70. The average molecular weight is 409 g/mol. The summed E-state index contributed by atoms with van der Waals surface area (Å²) in [7, 11) is 0. The van der Waals surface area contributed by atoms with Crippen molar-refractivity contribution in [2.24, 2.45) is 0 Å². The molecule has 1 aromatic carbocycles. The molecule has 4 rings (SSSR count). The van der Waals surface area contributed by atoms with Gasteiger partial charge in [0.15, 0.2) is 0 Å². The number of ether oxygens (including phenoxy) is 1. The number of hydrogen-bond donors (Lipinski definition) is 0. The maximum Gasteiger partial charge on any atom is 0.336 e. The van der Waals surface area contributed by atoms with Crippen LogP contribution in [0.2, 0.25) is 0 Å². The SMILES string of the molecule is Cc1cc2oc(=O)cc(COC(=O)Cc3nc(-c4cccs4)oc3C)c2cc1C. The predicted molar refractivity (Wildman–Crippen MR) is 110 cm³/mol. The van der Waals surface area contributed by atoms with Crippen LogP contribution in [-0.4, -0.2) is 11.0 Å². The van der Waals surface area contributed by atoms with Gasteiger partial charge in [0.1, 0.15) is 18.0 Å². The van der Waals surface area contributed by atoms with Gasteiger partial charge in [0.05, 0.1) is 17.0 Å². The Morgan fingerprint density at radius 3 is 2.69 bits per heavy atom. The van der Waals surface area contributed by atoms with Crippen molar-refractivity contribution in [3.8, 4) is 10.8 Å². The first-order valence-corrected chi connectivity index (χ1v) is 9.98. The molecule has 3 aromatic heterocycles. The lowest BCUT2D eigenvalue weighted by molar-refractivity contribution is -0.144. The van der Waals surface area contributed by atoms with Crippen LogP contribution in [0.3, 0.4) is 0 Å². The summed E-state index contributed by atoms with van der Waals surface area (Å²) in [5.74, 6) is 0.643. The summed E-state index contributed by atoms with van der Waals surface area (Å²) in [5.41, 5.74) is 3.27. The zero-order valence-corrected chi connectivity index (χ0v) is 17.1. The van der Waals surface area contributed by atoms with Crippen LogP contribution in [0.1, 0.15) is 28.1 Å². The molecule has 0 atom stereocenters. The zero-order chi connectivity index (χ0) is 20.5. The molecule has 4 aromatic rings. The number of fused-ring (bicyclic) bond motifs is 1. The van der Waals surface area contributed by atoms with Crippen molar-refractivity contribution in [1.29, 1.82) is 0 Å². The molecule has 0 aliphatic heterocycles. The predicted octanol–water partition coefficient (Wildman–Crippen LogP) is 4.72. The lowest BCUT2D eigenvalue weighted by Crippen LogP contribution is -2.11. The van der Waals surface area contributed by atoms with Crippen molar-refractivity contribution in [2.45, 2.75) is 33.8 Å². The van der Waals surface area contributed by atoms with Gasteiger partial charge < -0.3 is 13.6 Å². The van der Waals surface area contributed by atoms with E-state index in [4.69, 9.17) is 13.6 Å². The topological polar surface area (TPSA) is 82.5 Å². The van der Waals surface area contributed by atoms with Crippen LogP contribution in [0, 0.1) is 20.8 Å². The van der Waals surface area contributed by atoms with Gasteiger partial charge in [0.2, 0.25) is 5.89 Å². The second kappa shape index (κ2) is 7.67. The van der Waals surface area contributed by atoms with E-state index in [2.05, 4.69) is 4.98 Å². The molecule has 7 heteroatoms. The summed E-state index contributed by atoms with van der Waals surface area (Å²) in [6, 6.07) is 8.94. The van der Waals surface area contributed by atoms with Crippen molar-refractivity contribution < 1.29 is 18.4 Å². The number of thiophene rings is 1. The van der Waals surface area contributed by atoms with Crippen molar-refractivity contribution in [3.05, 3.63) is 74.3 Å². The third-order valence-electron chi connectivity index (χ3n) is 4.77. The van der Waals surface area contributed by atoms with Gasteiger partial charge in [-0.15, -0.1) is 11.3 Å². The zero-order valence-electron chi connectivity index (χ0n) is 16.3. The average Bonchev–Trinajstić information content (AvgIpc) is 3.32. The Labute approximate surface area is 170 Å². The third-order valence-corrected chi connectivity index (χ3v) is 5.63. The van der Waals surface area contributed by atoms with Crippen molar-refractivity contribution in [2.75, 3.05) is 0 Å². The monoisotopic (exact) mass is 409 g/mol. The van der Waals surface area contributed by atoms with E-state index in [0.717, 1.165) is 21.4 Å². The van der Waals surface area contributed by atoms with Gasteiger partial charge in [0, 0.05) is 17.0 Å². The van der Waals surface area contributed by atoms with Crippen LogP contribution in [0.5, 0.6) is 0 Å². The Bertz CT molecular complexity index is 1250. The molecule has 29 heavy (non-hydrogen) atoms. The van der Waals surface area contributed by atoms with Gasteiger partial charge in [-0.3, -0.25) is 4.79 Å². The molecular formula is C22H19NO5S. The number of nitrogens with zero attached hydrogens (tertiary/aromatic N) is 1. The molecule has 0 bridgehead atoms. The van der Waals surface area contributed by atoms with E-state index in [1.807, 2.05) is 43.5 Å². The fourth-order valence-electron chi connectivity index (χ4n) is 3.05. The Morgan fingerprint density at radius 2 is 1.93 bits per heavy atom. The van der Waals surface area contributed by atoms with E-state index in [9.17, 15) is 9.59 Å². The summed E-state index contributed by atoms with van der Waals surface area (Å²) in [5, 5.41) is 2.70. The van der Waals surface area contributed by atoms with Crippen LogP contribution < -0.4 is 5.63 Å². The number of hydrogen-bond acceptors (Lipinski definition) is 7. The normalized spacial score (nSPS) is 11.1. The Morgan fingerprint density at radius 1 is 1.14 bits per heavy atom. The van der Waals surface area contributed by atoms with Crippen LogP contribution in [-0.2, 0) is 22.6 Å². The van der Waals surface area contributed by atoms with Crippen LogP contribution in [0.25, 0.3) is 21.7 Å². The molecule has 0 radical (unpaired) electrons. The number of aryl methyl sites for hydroxylation is 3. The second-order valence-corrected chi connectivity index (χ2v) is 7.81. The maximum atomic E-state index is 12.4. The largest absolute Gasteiger partial charge is 0.460 e. The molecule has 0 spiro atoms. The highest BCUT2D eigenvalue weighted by Crippen LogP contribution is 2.26. The molecule has 0 aliphatic rings. The molecule has 0 amide bonds. The first-order valence-electron chi connectivity index (χ1n) is 9.10. The second-order valence-electron chi connectivity index (χ2n) is 6.86. The van der Waals surface area contributed by atoms with E-state index in [1.54, 1.807) is 6.92 Å². The van der Waals surface area contributed by atoms with E-state index in [0.29, 0.717) is 28.5 Å². The molecule has 148 valence electrons. The lowest BCUT2D eigenvalue weighted by Gasteiger charge is -2.09. The Balaban J connectivity index is 1.51. The van der Waals surface area contributed by atoms with Crippen LogP contribution >= 0.6 is 11.3 Å². The maximum absolute atomic E-state index is 12.4. The molecule has 0 saturated heterocycles. The smallest absolute Gasteiger partial charge is 0.336 e. The third kappa shape index (κ3) is 4.00. The minimum Gasteiger partial charge on any atom is -0.460 e. The molecular weight excluding hydrogens is 390 g/mol. The summed E-state index contributed by atoms with van der Waals surface area (Å²) in [6.45, 7) is 5.69. The molecule has 6 nitrogen and oxygen atoms in total. The van der Waals surface area contributed by atoms with Crippen molar-refractivity contribution in [3.63, 3.8) is 0 Å². The molecule has 0 saturated carbocycles. The first kappa shape index (κ1) is 19.1. The molecule has 3 heterocycles. The van der Waals surface area contributed by atoms with E-state index in [1.165, 1.54) is 17.4 Å². The highest BCUT2D eigenvalue weighted by Gasteiger charge is 2.17. The number of carbonyl (C=O) groups excluding carboxylic acids is 1. The summed E-state index contributed by atoms with van der Waals surface area (Å²) >= 11 is 1.52. The van der Waals surface area contributed by atoms with Gasteiger partial charge in [-0.25, -0.2) is 9.78 Å². The first-order chi connectivity index (χ1) is 13.9. The minimum atomic E-state index is -0.472. The minimum absolute atomic E-state index is 0.00177. The summed E-state index contributed by atoms with van der Waals surface area (Å²) in [6.07, 6.45) is -0.00177. The number of carbonyl (C=O) groups is 1. The van der Waals surface area contributed by atoms with Gasteiger partial charge in [-0.05, 0) is 55.5 Å².